The molecule has 0 aromatic heterocycles. The number of carbonyl (C=O) groups excluding carboxylic acids is 2. The van der Waals surface area contributed by atoms with Crippen molar-refractivity contribution < 1.29 is 24.2 Å². The minimum Gasteiger partial charge on any atom is -0.481 e. The third-order valence-corrected chi connectivity index (χ3v) is 3.33. The quantitative estimate of drug-likeness (QED) is 0.835. The SMILES string of the molecule is CCCOC(=O)c1ccc(N2C[C@H](C(=O)O)CC2=O)cc1. The summed E-state index contributed by atoms with van der Waals surface area (Å²) in [5, 5.41) is 8.95. The van der Waals surface area contributed by atoms with Gasteiger partial charge >= 0.3 is 11.9 Å². The van der Waals surface area contributed by atoms with Crippen LogP contribution in [-0.2, 0) is 14.3 Å². The van der Waals surface area contributed by atoms with E-state index in [0.717, 1.165) is 6.42 Å². The highest BCUT2D eigenvalue weighted by atomic mass is 16.5. The zero-order valence-corrected chi connectivity index (χ0v) is 11.7. The average molecular weight is 291 g/mol. The zero-order valence-electron chi connectivity index (χ0n) is 11.7. The fourth-order valence-corrected chi connectivity index (χ4v) is 2.18. The molecule has 1 aromatic rings. The summed E-state index contributed by atoms with van der Waals surface area (Å²) in [6.45, 7) is 2.44. The van der Waals surface area contributed by atoms with Crippen LogP contribution in [0.4, 0.5) is 5.69 Å². The lowest BCUT2D eigenvalue weighted by Crippen LogP contribution is -2.25. The molecule has 112 valence electrons. The molecular formula is C15H17NO5. The number of carboxylic acids is 1. The second-order valence-electron chi connectivity index (χ2n) is 4.93. The minimum absolute atomic E-state index is 0.00955. The van der Waals surface area contributed by atoms with Crippen LogP contribution in [0.1, 0.15) is 30.1 Å². The lowest BCUT2D eigenvalue weighted by atomic mass is 10.1. The van der Waals surface area contributed by atoms with E-state index in [9.17, 15) is 14.4 Å². The van der Waals surface area contributed by atoms with Gasteiger partial charge in [-0.3, -0.25) is 9.59 Å². The molecule has 1 saturated heterocycles. The molecule has 1 N–H and O–H groups in total. The van der Waals surface area contributed by atoms with E-state index in [-0.39, 0.29) is 18.9 Å². The van der Waals surface area contributed by atoms with E-state index in [0.29, 0.717) is 17.9 Å². The van der Waals surface area contributed by atoms with E-state index < -0.39 is 17.9 Å². The van der Waals surface area contributed by atoms with Gasteiger partial charge in [-0.2, -0.15) is 0 Å². The van der Waals surface area contributed by atoms with Crippen molar-refractivity contribution in [1.82, 2.24) is 0 Å². The molecule has 2 rings (SSSR count). The molecule has 1 aliphatic heterocycles. The van der Waals surface area contributed by atoms with Gasteiger partial charge in [0.15, 0.2) is 0 Å². The summed E-state index contributed by atoms with van der Waals surface area (Å²) in [7, 11) is 0. The van der Waals surface area contributed by atoms with E-state index in [1.807, 2.05) is 6.92 Å². The van der Waals surface area contributed by atoms with E-state index >= 15 is 0 Å². The van der Waals surface area contributed by atoms with Crippen LogP contribution in [0.2, 0.25) is 0 Å². The van der Waals surface area contributed by atoms with Crippen molar-refractivity contribution in [3.05, 3.63) is 29.8 Å². The van der Waals surface area contributed by atoms with Crippen LogP contribution < -0.4 is 4.90 Å². The van der Waals surface area contributed by atoms with Gasteiger partial charge in [-0.1, -0.05) is 6.92 Å². The Labute approximate surface area is 122 Å². The van der Waals surface area contributed by atoms with Crippen LogP contribution in [0.5, 0.6) is 0 Å². The molecule has 1 atom stereocenters. The summed E-state index contributed by atoms with van der Waals surface area (Å²) in [5.74, 6) is -2.26. The van der Waals surface area contributed by atoms with Crippen LogP contribution in [0.3, 0.4) is 0 Å². The summed E-state index contributed by atoms with van der Waals surface area (Å²) >= 11 is 0. The van der Waals surface area contributed by atoms with Gasteiger partial charge in [-0.15, -0.1) is 0 Å². The van der Waals surface area contributed by atoms with Crippen LogP contribution in [0.25, 0.3) is 0 Å². The van der Waals surface area contributed by atoms with E-state index in [4.69, 9.17) is 9.84 Å². The number of esters is 1. The summed E-state index contributed by atoms with van der Waals surface area (Å²) in [6.07, 6.45) is 0.762. The second kappa shape index (κ2) is 6.39. The number of benzene rings is 1. The van der Waals surface area contributed by atoms with Crippen molar-refractivity contribution in [2.45, 2.75) is 19.8 Å². The minimum atomic E-state index is -0.967. The molecule has 1 aliphatic rings. The Balaban J connectivity index is 2.07. The molecule has 6 nitrogen and oxygen atoms in total. The monoisotopic (exact) mass is 291 g/mol. The standard InChI is InChI=1S/C15H17NO5/c1-2-7-21-15(20)10-3-5-12(6-4-10)16-9-11(14(18)19)8-13(16)17/h3-6,11H,2,7-9H2,1H3,(H,18,19)/t11-/m1/s1. The molecule has 0 saturated carbocycles. The highest BCUT2D eigenvalue weighted by Crippen LogP contribution is 2.25. The summed E-state index contributed by atoms with van der Waals surface area (Å²) in [6, 6.07) is 6.42. The Morgan fingerprint density at radius 2 is 2.00 bits per heavy atom. The van der Waals surface area contributed by atoms with Crippen molar-refractivity contribution >= 4 is 23.5 Å². The molecule has 0 spiro atoms. The normalized spacial score (nSPS) is 17.9. The first kappa shape index (κ1) is 15.0. The number of carbonyl (C=O) groups is 3. The van der Waals surface area contributed by atoms with Gasteiger partial charge in [0.2, 0.25) is 5.91 Å². The van der Waals surface area contributed by atoms with Gasteiger partial charge in [0.25, 0.3) is 0 Å². The molecule has 1 amide bonds. The largest absolute Gasteiger partial charge is 0.481 e. The van der Waals surface area contributed by atoms with Gasteiger partial charge < -0.3 is 14.7 Å². The van der Waals surface area contributed by atoms with Crippen LogP contribution in [0.15, 0.2) is 24.3 Å². The molecular weight excluding hydrogens is 274 g/mol. The molecule has 0 bridgehead atoms. The molecule has 1 aromatic carbocycles. The van der Waals surface area contributed by atoms with Gasteiger partial charge in [0, 0.05) is 18.7 Å². The summed E-state index contributed by atoms with van der Waals surface area (Å²) in [5.41, 5.74) is 1.00. The third-order valence-electron chi connectivity index (χ3n) is 3.33. The van der Waals surface area contributed by atoms with Gasteiger partial charge in [0.05, 0.1) is 18.1 Å². The summed E-state index contributed by atoms with van der Waals surface area (Å²) in [4.78, 5) is 35.8. The smallest absolute Gasteiger partial charge is 0.338 e. The number of ether oxygens (including phenoxy) is 1. The predicted molar refractivity (Wildman–Crippen MR) is 75.1 cm³/mol. The Morgan fingerprint density at radius 1 is 1.33 bits per heavy atom. The average Bonchev–Trinajstić information content (AvgIpc) is 2.87. The Bertz CT molecular complexity index is 552. The van der Waals surface area contributed by atoms with E-state index in [1.54, 1.807) is 24.3 Å². The number of aliphatic carboxylic acids is 1. The first-order valence-electron chi connectivity index (χ1n) is 6.83. The zero-order chi connectivity index (χ0) is 15.4. The molecule has 21 heavy (non-hydrogen) atoms. The Kier molecular flexibility index (Phi) is 4.57. The lowest BCUT2D eigenvalue weighted by Gasteiger charge is -2.16. The number of hydrogen-bond acceptors (Lipinski definition) is 4. The van der Waals surface area contributed by atoms with Crippen molar-refractivity contribution in [2.24, 2.45) is 5.92 Å². The number of amides is 1. The van der Waals surface area contributed by atoms with Gasteiger partial charge in [0.1, 0.15) is 0 Å². The maximum Gasteiger partial charge on any atom is 0.338 e. The third kappa shape index (κ3) is 3.39. The van der Waals surface area contributed by atoms with Gasteiger partial charge in [-0.05, 0) is 30.7 Å². The number of carboxylic acid groups (broad SMARTS) is 1. The highest BCUT2D eigenvalue weighted by molar-refractivity contribution is 5.99. The molecule has 1 heterocycles. The Hall–Kier alpha value is -2.37. The molecule has 6 heteroatoms. The highest BCUT2D eigenvalue weighted by Gasteiger charge is 2.35. The first-order chi connectivity index (χ1) is 10.0. The molecule has 0 unspecified atom stereocenters. The van der Waals surface area contributed by atoms with Gasteiger partial charge in [-0.25, -0.2) is 4.79 Å². The molecule has 1 fully saturated rings. The molecule has 0 aliphatic carbocycles. The number of nitrogens with zero attached hydrogens (tertiary/aromatic N) is 1. The fraction of sp³-hybridized carbons (Fsp3) is 0.400. The van der Waals surface area contributed by atoms with E-state index in [1.165, 1.54) is 4.90 Å². The summed E-state index contributed by atoms with van der Waals surface area (Å²) < 4.78 is 5.02. The number of anilines is 1. The number of rotatable bonds is 5. The van der Waals surface area contributed by atoms with Crippen LogP contribution >= 0.6 is 0 Å². The van der Waals surface area contributed by atoms with Crippen molar-refractivity contribution in [2.75, 3.05) is 18.1 Å². The van der Waals surface area contributed by atoms with Crippen LogP contribution in [0, 0.1) is 5.92 Å². The number of hydrogen-bond donors (Lipinski definition) is 1. The molecule has 0 radical (unpaired) electrons. The van der Waals surface area contributed by atoms with Crippen molar-refractivity contribution in [3.8, 4) is 0 Å². The maximum atomic E-state index is 11.8. The fourth-order valence-electron chi connectivity index (χ4n) is 2.18. The first-order valence-corrected chi connectivity index (χ1v) is 6.83. The van der Waals surface area contributed by atoms with Crippen molar-refractivity contribution in [1.29, 1.82) is 0 Å². The second-order valence-corrected chi connectivity index (χ2v) is 4.93. The van der Waals surface area contributed by atoms with Crippen LogP contribution in [-0.4, -0.2) is 36.1 Å². The van der Waals surface area contributed by atoms with E-state index in [2.05, 4.69) is 0 Å². The lowest BCUT2D eigenvalue weighted by molar-refractivity contribution is -0.141. The topological polar surface area (TPSA) is 83.9 Å². The Morgan fingerprint density at radius 3 is 2.52 bits per heavy atom. The van der Waals surface area contributed by atoms with Crippen molar-refractivity contribution in [3.63, 3.8) is 0 Å². The maximum absolute atomic E-state index is 11.8. The predicted octanol–water partition coefficient (Wildman–Crippen LogP) is 1.69.